The Morgan fingerprint density at radius 2 is 2.31 bits per heavy atom. The van der Waals surface area contributed by atoms with Crippen molar-refractivity contribution in [2.24, 2.45) is 18.7 Å². The Labute approximate surface area is 102 Å². The zero-order chi connectivity index (χ0) is 12.3. The molecule has 88 valence electrons. The molecule has 1 rings (SSSR count). The van der Waals surface area contributed by atoms with Gasteiger partial charge in [0.2, 0.25) is 5.91 Å². The molecule has 6 heteroatoms. The minimum absolute atomic E-state index is 0.148. The molecule has 1 atom stereocenters. The molecule has 1 aromatic heterocycles. The third kappa shape index (κ3) is 2.93. The zero-order valence-corrected chi connectivity index (χ0v) is 10.7. The zero-order valence-electron chi connectivity index (χ0n) is 9.16. The van der Waals surface area contributed by atoms with Crippen LogP contribution in [0.3, 0.4) is 0 Å². The first-order valence-corrected chi connectivity index (χ1v) is 5.62. The van der Waals surface area contributed by atoms with Crippen molar-refractivity contribution in [3.8, 4) is 0 Å². The van der Waals surface area contributed by atoms with Gasteiger partial charge in [0.1, 0.15) is 0 Å². The Bertz CT molecular complexity index is 430. The molecule has 0 aromatic carbocycles. The fourth-order valence-corrected chi connectivity index (χ4v) is 1.64. The molecular formula is C10H14BrN3O2. The van der Waals surface area contributed by atoms with E-state index in [1.54, 1.807) is 26.2 Å². The van der Waals surface area contributed by atoms with E-state index >= 15 is 0 Å². The van der Waals surface area contributed by atoms with Crippen LogP contribution in [0.2, 0.25) is 0 Å². The summed E-state index contributed by atoms with van der Waals surface area (Å²) >= 11 is 3.13. The predicted molar refractivity (Wildman–Crippen MR) is 66.2 cm³/mol. The highest BCUT2D eigenvalue weighted by atomic mass is 79.9. The molecule has 0 aliphatic carbocycles. The van der Waals surface area contributed by atoms with Crippen LogP contribution in [0.15, 0.2) is 21.5 Å². The van der Waals surface area contributed by atoms with Crippen molar-refractivity contribution in [3.63, 3.8) is 0 Å². The third-order valence-corrected chi connectivity index (χ3v) is 2.78. The average molecular weight is 288 g/mol. The highest BCUT2D eigenvalue weighted by molar-refractivity contribution is 9.10. The summed E-state index contributed by atoms with van der Waals surface area (Å²) in [6.07, 6.45) is 1.56. The summed E-state index contributed by atoms with van der Waals surface area (Å²) in [5, 5.41) is 2.69. The van der Waals surface area contributed by atoms with Gasteiger partial charge in [0.25, 0.3) is 5.56 Å². The van der Waals surface area contributed by atoms with Gasteiger partial charge in [0.05, 0.1) is 10.2 Å². The van der Waals surface area contributed by atoms with E-state index in [0.29, 0.717) is 16.7 Å². The summed E-state index contributed by atoms with van der Waals surface area (Å²) in [5.74, 6) is -0.413. The van der Waals surface area contributed by atoms with Crippen LogP contribution in [0, 0.1) is 5.92 Å². The molecule has 0 saturated heterocycles. The molecule has 0 fully saturated rings. The van der Waals surface area contributed by atoms with Crippen LogP contribution in [-0.2, 0) is 11.8 Å². The first kappa shape index (κ1) is 12.9. The van der Waals surface area contributed by atoms with Crippen molar-refractivity contribution >= 4 is 27.5 Å². The second-order valence-corrected chi connectivity index (χ2v) is 4.47. The molecule has 0 radical (unpaired) electrons. The van der Waals surface area contributed by atoms with E-state index in [1.165, 1.54) is 4.57 Å². The van der Waals surface area contributed by atoms with E-state index < -0.39 is 0 Å². The fourth-order valence-electron chi connectivity index (χ4n) is 1.11. The summed E-state index contributed by atoms with van der Waals surface area (Å²) in [5.41, 5.74) is 5.81. The Morgan fingerprint density at radius 3 is 2.81 bits per heavy atom. The first-order valence-electron chi connectivity index (χ1n) is 4.82. The van der Waals surface area contributed by atoms with Crippen molar-refractivity contribution in [1.29, 1.82) is 0 Å². The van der Waals surface area contributed by atoms with Crippen LogP contribution in [0.5, 0.6) is 0 Å². The number of hydrogen-bond acceptors (Lipinski definition) is 3. The highest BCUT2D eigenvalue weighted by Gasteiger charge is 2.11. The van der Waals surface area contributed by atoms with E-state index in [-0.39, 0.29) is 17.4 Å². The number of nitrogens with one attached hydrogen (secondary N) is 1. The van der Waals surface area contributed by atoms with Gasteiger partial charge in [-0.1, -0.05) is 6.92 Å². The highest BCUT2D eigenvalue weighted by Crippen LogP contribution is 2.12. The van der Waals surface area contributed by atoms with Crippen LogP contribution >= 0.6 is 15.9 Å². The van der Waals surface area contributed by atoms with Gasteiger partial charge >= 0.3 is 0 Å². The van der Waals surface area contributed by atoms with Crippen molar-refractivity contribution in [2.45, 2.75) is 6.92 Å². The molecule has 0 aliphatic rings. The number of aromatic nitrogens is 1. The molecule has 16 heavy (non-hydrogen) atoms. The summed E-state index contributed by atoms with van der Waals surface area (Å²) in [4.78, 5) is 22.9. The molecule has 1 heterocycles. The van der Waals surface area contributed by atoms with Crippen LogP contribution in [0.4, 0.5) is 5.69 Å². The van der Waals surface area contributed by atoms with E-state index in [1.807, 2.05) is 0 Å². The van der Waals surface area contributed by atoms with Gasteiger partial charge in [-0.15, -0.1) is 0 Å². The lowest BCUT2D eigenvalue weighted by Crippen LogP contribution is -2.27. The summed E-state index contributed by atoms with van der Waals surface area (Å²) in [7, 11) is 1.62. The lowest BCUT2D eigenvalue weighted by atomic mass is 10.1. The van der Waals surface area contributed by atoms with Gasteiger partial charge in [-0.05, 0) is 22.0 Å². The number of aryl methyl sites for hydroxylation is 1. The smallest absolute Gasteiger partial charge is 0.264 e. The summed E-state index contributed by atoms with van der Waals surface area (Å²) in [6, 6.07) is 1.57. The minimum Gasteiger partial charge on any atom is -0.330 e. The Morgan fingerprint density at radius 1 is 1.69 bits per heavy atom. The van der Waals surface area contributed by atoms with Gasteiger partial charge in [0.15, 0.2) is 0 Å². The van der Waals surface area contributed by atoms with E-state index in [4.69, 9.17) is 5.73 Å². The number of amides is 1. The molecule has 5 nitrogen and oxygen atoms in total. The fraction of sp³-hybridized carbons (Fsp3) is 0.400. The standard InChI is InChI=1S/C10H14BrN3O2/c1-6(4-12)9(15)13-7-3-8(11)10(16)14(2)5-7/h3,5-6H,4,12H2,1-2H3,(H,13,15). The van der Waals surface area contributed by atoms with Crippen molar-refractivity contribution < 1.29 is 4.79 Å². The maximum atomic E-state index is 11.6. The second kappa shape index (κ2) is 5.27. The van der Waals surface area contributed by atoms with Crippen LogP contribution < -0.4 is 16.6 Å². The van der Waals surface area contributed by atoms with Gasteiger partial charge < -0.3 is 15.6 Å². The van der Waals surface area contributed by atoms with E-state index in [0.717, 1.165) is 0 Å². The predicted octanol–water partition coefficient (Wildman–Crippen LogP) is 0.681. The number of halogens is 1. The molecule has 1 amide bonds. The minimum atomic E-state index is -0.254. The molecule has 1 unspecified atom stereocenters. The Hall–Kier alpha value is -1.14. The molecular weight excluding hydrogens is 274 g/mol. The molecule has 1 aromatic rings. The van der Waals surface area contributed by atoms with Crippen LogP contribution in [0.25, 0.3) is 0 Å². The number of anilines is 1. The van der Waals surface area contributed by atoms with Crippen molar-refractivity contribution in [1.82, 2.24) is 4.57 Å². The second-order valence-electron chi connectivity index (χ2n) is 3.62. The lowest BCUT2D eigenvalue weighted by Gasteiger charge is -2.11. The van der Waals surface area contributed by atoms with Gasteiger partial charge in [-0.3, -0.25) is 9.59 Å². The third-order valence-electron chi connectivity index (χ3n) is 2.21. The number of pyridine rings is 1. The number of rotatable bonds is 3. The van der Waals surface area contributed by atoms with Gasteiger partial charge in [-0.2, -0.15) is 0 Å². The maximum absolute atomic E-state index is 11.6. The van der Waals surface area contributed by atoms with Gasteiger partial charge in [0, 0.05) is 25.7 Å². The van der Waals surface area contributed by atoms with E-state index in [9.17, 15) is 9.59 Å². The normalized spacial score (nSPS) is 12.2. The first-order chi connectivity index (χ1) is 7.45. The van der Waals surface area contributed by atoms with Crippen molar-refractivity contribution in [3.05, 3.63) is 27.1 Å². The molecule has 0 bridgehead atoms. The number of carbonyl (C=O) groups is 1. The topological polar surface area (TPSA) is 77.1 Å². The largest absolute Gasteiger partial charge is 0.330 e. The lowest BCUT2D eigenvalue weighted by molar-refractivity contribution is -0.119. The maximum Gasteiger partial charge on any atom is 0.264 e. The molecule has 0 saturated carbocycles. The van der Waals surface area contributed by atoms with E-state index in [2.05, 4.69) is 21.2 Å². The quantitative estimate of drug-likeness (QED) is 0.858. The molecule has 0 aliphatic heterocycles. The molecule has 0 spiro atoms. The number of carbonyl (C=O) groups excluding carboxylic acids is 1. The van der Waals surface area contributed by atoms with Crippen LogP contribution in [0.1, 0.15) is 6.92 Å². The van der Waals surface area contributed by atoms with Crippen molar-refractivity contribution in [2.75, 3.05) is 11.9 Å². The Balaban J connectivity index is 2.91. The number of nitrogens with two attached hydrogens (primary N) is 1. The monoisotopic (exact) mass is 287 g/mol. The Kier molecular flexibility index (Phi) is 4.26. The molecule has 3 N–H and O–H groups in total. The van der Waals surface area contributed by atoms with Gasteiger partial charge in [-0.25, -0.2) is 0 Å². The summed E-state index contributed by atoms with van der Waals surface area (Å²) in [6.45, 7) is 2.03. The summed E-state index contributed by atoms with van der Waals surface area (Å²) < 4.78 is 1.81. The number of nitrogens with zero attached hydrogens (tertiary/aromatic N) is 1. The van der Waals surface area contributed by atoms with Crippen LogP contribution in [-0.4, -0.2) is 17.0 Å². The average Bonchev–Trinajstić information content (AvgIpc) is 2.24. The SMILES string of the molecule is CC(CN)C(=O)Nc1cc(Br)c(=O)n(C)c1. The number of hydrogen-bond donors (Lipinski definition) is 2.